The summed E-state index contributed by atoms with van der Waals surface area (Å²) in [6.07, 6.45) is 8.19. The number of aryl methyl sites for hydroxylation is 2. The fourth-order valence-corrected chi connectivity index (χ4v) is 3.43. The van der Waals surface area contributed by atoms with Gasteiger partial charge in [0.05, 0.1) is 23.4 Å². The first kappa shape index (κ1) is 13.4. The van der Waals surface area contributed by atoms with Gasteiger partial charge in [-0.3, -0.25) is 4.57 Å². The molecule has 1 aliphatic rings. The molecule has 0 bridgehead atoms. The quantitative estimate of drug-likeness (QED) is 0.804. The summed E-state index contributed by atoms with van der Waals surface area (Å²) in [7, 11) is 0. The highest BCUT2D eigenvalue weighted by Crippen LogP contribution is 2.33. The first-order valence-corrected chi connectivity index (χ1v) is 7.97. The maximum atomic E-state index is 10.1. The number of nitrogens with zero attached hydrogens (tertiary/aromatic N) is 4. The van der Waals surface area contributed by atoms with Crippen molar-refractivity contribution in [3.63, 3.8) is 0 Å². The van der Waals surface area contributed by atoms with Crippen LogP contribution in [0.25, 0.3) is 11.0 Å². The van der Waals surface area contributed by atoms with Crippen LogP contribution in [0.5, 0.6) is 6.01 Å². The molecule has 4 rings (SSSR count). The predicted molar refractivity (Wildman–Crippen MR) is 85.0 cm³/mol. The Bertz CT molecular complexity index is 817. The normalized spacial score (nSPS) is 17.2. The van der Waals surface area contributed by atoms with Crippen LogP contribution in [0.15, 0.2) is 30.7 Å². The molecule has 1 atom stereocenters. The van der Waals surface area contributed by atoms with E-state index in [0.717, 1.165) is 43.3 Å². The van der Waals surface area contributed by atoms with Crippen LogP contribution in [0.1, 0.15) is 43.5 Å². The van der Waals surface area contributed by atoms with E-state index in [0.29, 0.717) is 6.04 Å². The van der Waals surface area contributed by atoms with E-state index in [9.17, 15) is 5.11 Å². The van der Waals surface area contributed by atoms with Gasteiger partial charge < -0.3 is 9.67 Å². The number of benzene rings is 1. The zero-order valence-corrected chi connectivity index (χ0v) is 12.7. The van der Waals surface area contributed by atoms with Gasteiger partial charge in [0.25, 0.3) is 6.01 Å². The van der Waals surface area contributed by atoms with Crippen molar-refractivity contribution in [3.8, 4) is 6.01 Å². The summed E-state index contributed by atoms with van der Waals surface area (Å²) < 4.78 is 4.18. The van der Waals surface area contributed by atoms with Gasteiger partial charge in [0.15, 0.2) is 0 Å². The Morgan fingerprint density at radius 2 is 2.27 bits per heavy atom. The zero-order chi connectivity index (χ0) is 15.1. The standard InChI is InChI=1S/C17H20N4O/c1-2-3-8-20-16-9-12(4-6-14(16)19-17(20)22)15-7-5-13-10-18-11-21(13)15/h4,6,9-11,15H,2-3,5,7-8H2,1H3,(H,19,22). The van der Waals surface area contributed by atoms with E-state index in [1.54, 1.807) is 0 Å². The minimum atomic E-state index is 0.121. The molecule has 0 radical (unpaired) electrons. The van der Waals surface area contributed by atoms with Crippen LogP contribution in [0.2, 0.25) is 0 Å². The Morgan fingerprint density at radius 1 is 1.36 bits per heavy atom. The molecule has 22 heavy (non-hydrogen) atoms. The van der Waals surface area contributed by atoms with Crippen molar-refractivity contribution in [2.45, 2.75) is 45.2 Å². The third-order valence-electron chi connectivity index (χ3n) is 4.63. The van der Waals surface area contributed by atoms with Gasteiger partial charge in [0.2, 0.25) is 0 Å². The third-order valence-corrected chi connectivity index (χ3v) is 4.63. The largest absolute Gasteiger partial charge is 0.480 e. The summed E-state index contributed by atoms with van der Waals surface area (Å²) in [4.78, 5) is 8.52. The van der Waals surface area contributed by atoms with Crippen molar-refractivity contribution in [1.29, 1.82) is 0 Å². The molecule has 0 saturated carbocycles. The molecule has 3 heterocycles. The summed E-state index contributed by atoms with van der Waals surface area (Å²) in [5, 5.41) is 10.1. The van der Waals surface area contributed by atoms with E-state index < -0.39 is 0 Å². The molecule has 0 aliphatic carbocycles. The van der Waals surface area contributed by atoms with Crippen LogP contribution >= 0.6 is 0 Å². The molecular formula is C17H20N4O. The second kappa shape index (κ2) is 5.16. The maximum absolute atomic E-state index is 10.1. The minimum absolute atomic E-state index is 0.121. The number of aromatic hydroxyl groups is 1. The first-order valence-electron chi connectivity index (χ1n) is 7.97. The Hall–Kier alpha value is -2.30. The molecule has 2 aromatic heterocycles. The lowest BCUT2D eigenvalue weighted by molar-refractivity contribution is 0.398. The van der Waals surface area contributed by atoms with Crippen molar-refractivity contribution in [2.75, 3.05) is 0 Å². The molecule has 3 aromatic rings. The molecule has 114 valence electrons. The molecule has 0 spiro atoms. The summed E-state index contributed by atoms with van der Waals surface area (Å²) in [5.74, 6) is 0. The number of unbranched alkanes of at least 4 members (excludes halogenated alkanes) is 1. The van der Waals surface area contributed by atoms with Crippen molar-refractivity contribution in [3.05, 3.63) is 42.0 Å². The van der Waals surface area contributed by atoms with Crippen LogP contribution in [0, 0.1) is 0 Å². The number of rotatable bonds is 4. The molecule has 1 aromatic carbocycles. The monoisotopic (exact) mass is 296 g/mol. The number of fused-ring (bicyclic) bond motifs is 2. The highest BCUT2D eigenvalue weighted by Gasteiger charge is 2.24. The lowest BCUT2D eigenvalue weighted by atomic mass is 10.0. The molecule has 0 amide bonds. The average molecular weight is 296 g/mol. The maximum Gasteiger partial charge on any atom is 0.294 e. The molecule has 0 fully saturated rings. The highest BCUT2D eigenvalue weighted by molar-refractivity contribution is 5.77. The summed E-state index contributed by atoms with van der Waals surface area (Å²) in [6.45, 7) is 2.96. The van der Waals surface area contributed by atoms with Gasteiger partial charge in [-0.1, -0.05) is 19.4 Å². The topological polar surface area (TPSA) is 55.9 Å². The minimum Gasteiger partial charge on any atom is -0.480 e. The number of aromatic nitrogens is 4. The fourth-order valence-electron chi connectivity index (χ4n) is 3.43. The summed E-state index contributed by atoms with van der Waals surface area (Å²) in [6, 6.07) is 6.78. The lowest BCUT2D eigenvalue weighted by Gasteiger charge is -2.14. The average Bonchev–Trinajstić information content (AvgIpc) is 3.18. The second-order valence-electron chi connectivity index (χ2n) is 6.01. The zero-order valence-electron chi connectivity index (χ0n) is 12.7. The molecule has 5 nitrogen and oxygen atoms in total. The van der Waals surface area contributed by atoms with Crippen molar-refractivity contribution in [1.82, 2.24) is 19.1 Å². The molecule has 0 saturated heterocycles. The Morgan fingerprint density at radius 3 is 3.14 bits per heavy atom. The SMILES string of the molecule is CCCCn1c(O)nc2ccc(C3CCc4cncn43)cc21. The van der Waals surface area contributed by atoms with Crippen molar-refractivity contribution >= 4 is 11.0 Å². The molecular weight excluding hydrogens is 276 g/mol. The summed E-state index contributed by atoms with van der Waals surface area (Å²) >= 11 is 0. The van der Waals surface area contributed by atoms with Crippen LogP contribution in [0.3, 0.4) is 0 Å². The molecule has 1 unspecified atom stereocenters. The van der Waals surface area contributed by atoms with Crippen molar-refractivity contribution in [2.24, 2.45) is 0 Å². The Kier molecular flexibility index (Phi) is 3.13. The van der Waals surface area contributed by atoms with Crippen LogP contribution in [0.4, 0.5) is 0 Å². The van der Waals surface area contributed by atoms with Crippen LogP contribution in [-0.4, -0.2) is 24.2 Å². The third kappa shape index (κ3) is 2.00. The van der Waals surface area contributed by atoms with Gasteiger partial charge in [-0.2, -0.15) is 4.98 Å². The lowest BCUT2D eigenvalue weighted by Crippen LogP contribution is -2.05. The number of imidazole rings is 2. The van der Waals surface area contributed by atoms with E-state index in [2.05, 4.69) is 33.6 Å². The second-order valence-corrected chi connectivity index (χ2v) is 6.01. The van der Waals surface area contributed by atoms with Gasteiger partial charge in [-0.15, -0.1) is 0 Å². The first-order chi connectivity index (χ1) is 10.8. The smallest absolute Gasteiger partial charge is 0.294 e. The highest BCUT2D eigenvalue weighted by atomic mass is 16.3. The van der Waals surface area contributed by atoms with E-state index in [1.165, 1.54) is 11.3 Å². The van der Waals surface area contributed by atoms with E-state index in [-0.39, 0.29) is 6.01 Å². The molecule has 5 heteroatoms. The van der Waals surface area contributed by atoms with Gasteiger partial charge >= 0.3 is 0 Å². The molecule has 1 N–H and O–H groups in total. The van der Waals surface area contributed by atoms with Crippen LogP contribution in [-0.2, 0) is 13.0 Å². The number of hydrogen-bond acceptors (Lipinski definition) is 3. The van der Waals surface area contributed by atoms with Gasteiger partial charge in [0.1, 0.15) is 0 Å². The fraction of sp³-hybridized carbons (Fsp3) is 0.412. The van der Waals surface area contributed by atoms with Crippen molar-refractivity contribution < 1.29 is 5.11 Å². The number of hydrogen-bond donors (Lipinski definition) is 1. The Labute approximate surface area is 129 Å². The van der Waals surface area contributed by atoms with Gasteiger partial charge in [-0.25, -0.2) is 4.98 Å². The van der Waals surface area contributed by atoms with E-state index >= 15 is 0 Å². The summed E-state index contributed by atoms with van der Waals surface area (Å²) in [5.41, 5.74) is 4.45. The van der Waals surface area contributed by atoms with E-state index in [1.807, 2.05) is 23.2 Å². The van der Waals surface area contributed by atoms with E-state index in [4.69, 9.17) is 0 Å². The van der Waals surface area contributed by atoms with Gasteiger partial charge in [0, 0.05) is 18.4 Å². The predicted octanol–water partition coefficient (Wildman–Crippen LogP) is 3.27. The van der Waals surface area contributed by atoms with Gasteiger partial charge in [-0.05, 0) is 37.0 Å². The van der Waals surface area contributed by atoms with Crippen LogP contribution < -0.4 is 0 Å². The Balaban J connectivity index is 1.77. The molecule has 1 aliphatic heterocycles.